The average Bonchev–Trinajstić information content (AvgIpc) is 2.84. The summed E-state index contributed by atoms with van der Waals surface area (Å²) in [4.78, 5) is 18.5. The lowest BCUT2D eigenvalue weighted by molar-refractivity contribution is 0.103. The Bertz CT molecular complexity index is 676. The number of rotatable bonds is 4. The first-order valence-electron chi connectivity index (χ1n) is 6.16. The highest BCUT2D eigenvalue weighted by molar-refractivity contribution is 7.18. The summed E-state index contributed by atoms with van der Waals surface area (Å²) in [5, 5.41) is 3.22. The topological polar surface area (TPSA) is 71.2 Å². The first kappa shape index (κ1) is 15.5. The Morgan fingerprint density at radius 1 is 1.57 bits per heavy atom. The van der Waals surface area contributed by atoms with E-state index >= 15 is 0 Å². The van der Waals surface area contributed by atoms with Crippen LogP contribution < -0.4 is 16.0 Å². The highest BCUT2D eigenvalue weighted by Crippen LogP contribution is 2.28. The fraction of sp³-hybridized carbons (Fsp3) is 0.231. The van der Waals surface area contributed by atoms with Crippen molar-refractivity contribution in [1.82, 2.24) is 4.98 Å². The second-order valence-corrected chi connectivity index (χ2v) is 5.69. The molecule has 0 saturated carbocycles. The molecule has 3 N–H and O–H groups in total. The number of carbonyl (C=O) groups is 1. The molecule has 1 heterocycles. The maximum atomic E-state index is 13.1. The number of amides is 1. The molecule has 21 heavy (non-hydrogen) atoms. The summed E-state index contributed by atoms with van der Waals surface area (Å²) in [7, 11) is 1.86. The van der Waals surface area contributed by atoms with Gasteiger partial charge < -0.3 is 16.0 Å². The first-order chi connectivity index (χ1) is 9.92. The average molecular weight is 329 g/mol. The zero-order valence-corrected chi connectivity index (χ0v) is 13.1. The van der Waals surface area contributed by atoms with Gasteiger partial charge in [-0.2, -0.15) is 0 Å². The Kier molecular flexibility index (Phi) is 4.64. The molecule has 0 atom stereocenters. The largest absolute Gasteiger partial charge is 0.382 e. The Balaban J connectivity index is 2.20. The number of nitrogen functional groups attached to an aromatic ring is 1. The molecule has 0 aliphatic carbocycles. The predicted octanol–water partition coefficient (Wildman–Crippen LogP) is 3.23. The summed E-state index contributed by atoms with van der Waals surface area (Å²) in [6, 6.07) is 3.95. The minimum Gasteiger partial charge on any atom is -0.382 e. The molecule has 8 heteroatoms. The molecule has 1 amide bonds. The molecule has 0 spiro atoms. The molecule has 0 unspecified atom stereocenters. The molecule has 112 valence electrons. The second kappa shape index (κ2) is 6.28. The Morgan fingerprint density at radius 2 is 2.29 bits per heavy atom. The number of carbonyl (C=O) groups excluding carboxylic acids is 1. The number of nitrogens with one attached hydrogen (secondary N) is 1. The Morgan fingerprint density at radius 3 is 2.90 bits per heavy atom. The van der Waals surface area contributed by atoms with Crippen molar-refractivity contribution in [1.29, 1.82) is 0 Å². The molecular formula is C13H14ClFN4OS. The molecule has 0 radical (unpaired) electrons. The summed E-state index contributed by atoms with van der Waals surface area (Å²) < 4.78 is 13.1. The molecule has 5 nitrogen and oxygen atoms in total. The lowest BCUT2D eigenvalue weighted by Crippen LogP contribution is -2.15. The summed E-state index contributed by atoms with van der Waals surface area (Å²) in [5.74, 6) is -0.775. The molecular weight excluding hydrogens is 315 g/mol. The van der Waals surface area contributed by atoms with Crippen LogP contribution >= 0.6 is 22.9 Å². The van der Waals surface area contributed by atoms with Crippen molar-refractivity contribution >= 4 is 45.5 Å². The second-order valence-electron chi connectivity index (χ2n) is 4.31. The van der Waals surface area contributed by atoms with E-state index in [0.29, 0.717) is 15.7 Å². The number of thiazole rings is 1. The molecule has 0 aliphatic heterocycles. The van der Waals surface area contributed by atoms with E-state index in [9.17, 15) is 9.18 Å². The van der Waals surface area contributed by atoms with Crippen molar-refractivity contribution in [3.63, 3.8) is 0 Å². The van der Waals surface area contributed by atoms with Crippen LogP contribution in [0.15, 0.2) is 18.2 Å². The van der Waals surface area contributed by atoms with Crippen LogP contribution in [-0.4, -0.2) is 24.5 Å². The van der Waals surface area contributed by atoms with E-state index in [2.05, 4.69) is 10.3 Å². The Labute approximate surface area is 130 Å². The predicted molar refractivity (Wildman–Crippen MR) is 84.8 cm³/mol. The van der Waals surface area contributed by atoms with Gasteiger partial charge in [0.05, 0.1) is 5.02 Å². The van der Waals surface area contributed by atoms with Crippen LogP contribution in [0.25, 0.3) is 0 Å². The number of nitrogens with two attached hydrogens (primary N) is 1. The SMILES string of the molecule is CCN(C)c1nc(N)c(C(=O)Nc2ccc(F)c(Cl)c2)s1. The quantitative estimate of drug-likeness (QED) is 0.904. The maximum absolute atomic E-state index is 13.1. The van der Waals surface area contributed by atoms with E-state index in [1.54, 1.807) is 0 Å². The van der Waals surface area contributed by atoms with Gasteiger partial charge in [0.2, 0.25) is 0 Å². The first-order valence-corrected chi connectivity index (χ1v) is 7.35. The summed E-state index contributed by atoms with van der Waals surface area (Å²) >= 11 is 6.87. The van der Waals surface area contributed by atoms with E-state index in [0.717, 1.165) is 6.54 Å². The third-order valence-corrected chi connectivity index (χ3v) is 4.30. The minimum atomic E-state index is -0.543. The molecule has 0 fully saturated rings. The van der Waals surface area contributed by atoms with Crippen LogP contribution in [0.2, 0.25) is 5.02 Å². The van der Waals surface area contributed by atoms with Crippen LogP contribution in [0.1, 0.15) is 16.6 Å². The fourth-order valence-electron chi connectivity index (χ4n) is 1.54. The van der Waals surface area contributed by atoms with Crippen molar-refractivity contribution in [3.8, 4) is 0 Å². The molecule has 2 rings (SSSR count). The van der Waals surface area contributed by atoms with E-state index in [4.69, 9.17) is 17.3 Å². The van der Waals surface area contributed by atoms with Crippen molar-refractivity contribution < 1.29 is 9.18 Å². The van der Waals surface area contributed by atoms with Gasteiger partial charge in [0.15, 0.2) is 5.13 Å². The summed E-state index contributed by atoms with van der Waals surface area (Å²) in [5.41, 5.74) is 6.16. The van der Waals surface area contributed by atoms with E-state index in [-0.39, 0.29) is 10.8 Å². The van der Waals surface area contributed by atoms with Gasteiger partial charge in [0, 0.05) is 19.3 Å². The normalized spacial score (nSPS) is 10.5. The van der Waals surface area contributed by atoms with Gasteiger partial charge in [-0.3, -0.25) is 4.79 Å². The van der Waals surface area contributed by atoms with Crippen LogP contribution in [0, 0.1) is 5.82 Å². The van der Waals surface area contributed by atoms with Gasteiger partial charge in [-0.05, 0) is 25.1 Å². The molecule has 1 aromatic carbocycles. The van der Waals surface area contributed by atoms with E-state index in [1.807, 2.05) is 18.9 Å². The molecule has 1 aromatic heterocycles. The van der Waals surface area contributed by atoms with Crippen LogP contribution in [-0.2, 0) is 0 Å². The third-order valence-electron chi connectivity index (χ3n) is 2.83. The van der Waals surface area contributed by atoms with E-state index < -0.39 is 11.7 Å². The van der Waals surface area contributed by atoms with Crippen molar-refractivity contribution in [2.24, 2.45) is 0 Å². The van der Waals surface area contributed by atoms with Gasteiger partial charge in [0.1, 0.15) is 16.5 Å². The van der Waals surface area contributed by atoms with Crippen molar-refractivity contribution in [2.75, 3.05) is 29.5 Å². The van der Waals surface area contributed by atoms with Crippen molar-refractivity contribution in [3.05, 3.63) is 33.9 Å². The number of nitrogens with zero attached hydrogens (tertiary/aromatic N) is 2. The van der Waals surface area contributed by atoms with Gasteiger partial charge in [-0.25, -0.2) is 9.37 Å². The van der Waals surface area contributed by atoms with Crippen molar-refractivity contribution in [2.45, 2.75) is 6.92 Å². The lowest BCUT2D eigenvalue weighted by Gasteiger charge is -2.10. The number of hydrogen-bond donors (Lipinski definition) is 2. The molecule has 0 aliphatic rings. The zero-order valence-electron chi connectivity index (χ0n) is 11.5. The molecule has 2 aromatic rings. The van der Waals surface area contributed by atoms with Gasteiger partial charge >= 0.3 is 0 Å². The summed E-state index contributed by atoms with van der Waals surface area (Å²) in [6.45, 7) is 2.72. The zero-order chi connectivity index (χ0) is 15.6. The van der Waals surface area contributed by atoms with Gasteiger partial charge in [0.25, 0.3) is 5.91 Å². The van der Waals surface area contributed by atoms with Crippen LogP contribution in [0.3, 0.4) is 0 Å². The van der Waals surface area contributed by atoms with Gasteiger partial charge in [-0.15, -0.1) is 0 Å². The maximum Gasteiger partial charge on any atom is 0.269 e. The third kappa shape index (κ3) is 3.43. The number of anilines is 3. The highest BCUT2D eigenvalue weighted by atomic mass is 35.5. The minimum absolute atomic E-state index is 0.0588. The Hall–Kier alpha value is -1.86. The highest BCUT2D eigenvalue weighted by Gasteiger charge is 2.18. The molecule has 0 bridgehead atoms. The fourth-order valence-corrected chi connectivity index (χ4v) is 2.63. The number of benzene rings is 1. The number of halogens is 2. The number of aromatic nitrogens is 1. The van der Waals surface area contributed by atoms with Crippen LogP contribution in [0.4, 0.5) is 21.0 Å². The standard InChI is InChI=1S/C13H14ClFN4OS/c1-3-19(2)13-18-11(16)10(21-13)12(20)17-7-4-5-9(15)8(14)6-7/h4-6H,3,16H2,1-2H3,(H,17,20). The monoisotopic (exact) mass is 328 g/mol. The van der Waals surface area contributed by atoms with E-state index in [1.165, 1.54) is 29.5 Å². The molecule has 0 saturated heterocycles. The smallest absolute Gasteiger partial charge is 0.269 e. The lowest BCUT2D eigenvalue weighted by atomic mass is 10.3. The van der Waals surface area contributed by atoms with Crippen LogP contribution in [0.5, 0.6) is 0 Å². The summed E-state index contributed by atoms with van der Waals surface area (Å²) in [6.07, 6.45) is 0. The van der Waals surface area contributed by atoms with Gasteiger partial charge in [-0.1, -0.05) is 22.9 Å². The number of hydrogen-bond acceptors (Lipinski definition) is 5.